The predicted octanol–water partition coefficient (Wildman–Crippen LogP) is 5.54. The van der Waals surface area contributed by atoms with E-state index in [9.17, 15) is 10.2 Å². The van der Waals surface area contributed by atoms with Gasteiger partial charge in [-0.25, -0.2) is 0 Å². The molecule has 0 aromatic rings. The van der Waals surface area contributed by atoms with Crippen LogP contribution < -0.4 is 0 Å². The number of aliphatic hydroxyl groups excluding tert-OH is 2. The summed E-state index contributed by atoms with van der Waals surface area (Å²) in [6.45, 7) is 0.376. The molecule has 0 bridgehead atoms. The van der Waals surface area contributed by atoms with Gasteiger partial charge >= 0.3 is 0 Å². The molecule has 148 valence electrons. The van der Waals surface area contributed by atoms with Crippen molar-refractivity contribution in [2.45, 2.75) is 45.3 Å². The Kier molecular flexibility index (Phi) is 9.43. The highest BCUT2D eigenvalue weighted by Gasteiger charge is 2.40. The first-order valence-corrected chi connectivity index (χ1v) is 15.2. The third kappa shape index (κ3) is 5.35. The van der Waals surface area contributed by atoms with Crippen LogP contribution in [0.5, 0.6) is 0 Å². The molecular weight excluding hydrogens is 441 g/mol. The summed E-state index contributed by atoms with van der Waals surface area (Å²) in [5, 5.41) is 24.5. The molecule has 0 radical (unpaired) electrons. The average molecular weight is 469 g/mol. The molecule has 1 aliphatic carbocycles. The Bertz CT molecular complexity index is 482. The van der Waals surface area contributed by atoms with Crippen LogP contribution in [-0.2, 0) is 0 Å². The Labute approximate surface area is 183 Å². The molecule has 1 fully saturated rings. The summed E-state index contributed by atoms with van der Waals surface area (Å²) < 4.78 is 1.11. The normalized spacial score (nSPS) is 34.5. The summed E-state index contributed by atoms with van der Waals surface area (Å²) in [7, 11) is 0. The molecule has 1 saturated carbocycles. The summed E-state index contributed by atoms with van der Waals surface area (Å²) >= 11 is 11.7. The molecule has 6 atom stereocenters. The maximum Gasteiger partial charge on any atom is 0.0746 e. The lowest BCUT2D eigenvalue weighted by Crippen LogP contribution is -2.35. The zero-order valence-corrected chi connectivity index (χ0v) is 20.1. The van der Waals surface area contributed by atoms with Crippen molar-refractivity contribution in [2.75, 3.05) is 25.7 Å². The van der Waals surface area contributed by atoms with Crippen LogP contribution >= 0.6 is 70.6 Å². The van der Waals surface area contributed by atoms with E-state index in [0.29, 0.717) is 19.7 Å². The zero-order valence-electron chi connectivity index (χ0n) is 15.2. The largest absolute Gasteiger partial charge is 0.391 e. The molecule has 2 heterocycles. The van der Waals surface area contributed by atoms with E-state index in [4.69, 9.17) is 0 Å². The predicted molar refractivity (Wildman–Crippen MR) is 128 cm³/mol. The molecule has 0 amide bonds. The maximum absolute atomic E-state index is 9.42. The van der Waals surface area contributed by atoms with Crippen molar-refractivity contribution in [3.63, 3.8) is 0 Å². The van der Waals surface area contributed by atoms with Crippen LogP contribution in [0.2, 0.25) is 0 Å². The van der Waals surface area contributed by atoms with E-state index >= 15 is 0 Å². The fourth-order valence-electron chi connectivity index (χ4n) is 4.05. The minimum atomic E-state index is 0.188. The fraction of sp³-hybridized carbons (Fsp3) is 0.778. The van der Waals surface area contributed by atoms with Gasteiger partial charge in [-0.1, -0.05) is 6.42 Å². The van der Waals surface area contributed by atoms with Gasteiger partial charge < -0.3 is 10.2 Å². The van der Waals surface area contributed by atoms with Gasteiger partial charge in [-0.05, 0) is 54.4 Å². The number of thioether (sulfide) groups is 6. The fourth-order valence-corrected chi connectivity index (χ4v) is 13.0. The Morgan fingerprint density at radius 3 is 1.73 bits per heavy atom. The van der Waals surface area contributed by atoms with Crippen molar-refractivity contribution in [3.05, 3.63) is 20.6 Å². The van der Waals surface area contributed by atoms with E-state index in [1.807, 2.05) is 70.6 Å². The van der Waals surface area contributed by atoms with Crippen molar-refractivity contribution in [1.82, 2.24) is 0 Å². The van der Waals surface area contributed by atoms with Crippen LogP contribution in [0, 0.1) is 11.8 Å². The van der Waals surface area contributed by atoms with Gasteiger partial charge in [0.2, 0.25) is 0 Å². The number of hydrogen-bond donors (Lipinski definition) is 2. The molecule has 2 N–H and O–H groups in total. The SMILES string of the molecule is CSC(C1CCCC(C(SC)C2SC=C(CO)S2)C1)C1SC=C(CO)S1. The van der Waals surface area contributed by atoms with Crippen LogP contribution in [0.4, 0.5) is 0 Å². The third-order valence-corrected chi connectivity index (χ3v) is 14.0. The first kappa shape index (κ1) is 22.2. The highest BCUT2D eigenvalue weighted by molar-refractivity contribution is 8.24. The molecule has 0 saturated heterocycles. The van der Waals surface area contributed by atoms with Gasteiger partial charge in [0.1, 0.15) is 0 Å². The molecule has 26 heavy (non-hydrogen) atoms. The van der Waals surface area contributed by atoms with Gasteiger partial charge in [0.05, 0.1) is 22.4 Å². The van der Waals surface area contributed by atoms with E-state index in [1.54, 1.807) is 0 Å². The summed E-state index contributed by atoms with van der Waals surface area (Å²) in [4.78, 5) is 2.27. The van der Waals surface area contributed by atoms with Crippen molar-refractivity contribution in [1.29, 1.82) is 0 Å². The molecule has 3 rings (SSSR count). The van der Waals surface area contributed by atoms with Crippen molar-refractivity contribution < 1.29 is 10.2 Å². The minimum absolute atomic E-state index is 0.188. The number of aliphatic hydroxyl groups is 2. The average Bonchev–Trinajstić information content (AvgIpc) is 3.33. The van der Waals surface area contributed by atoms with E-state index in [2.05, 4.69) is 23.3 Å². The van der Waals surface area contributed by atoms with Crippen LogP contribution in [0.15, 0.2) is 20.6 Å². The highest BCUT2D eigenvalue weighted by Crippen LogP contribution is 2.52. The second-order valence-corrected chi connectivity index (χ2v) is 14.0. The van der Waals surface area contributed by atoms with E-state index in [0.717, 1.165) is 21.6 Å². The lowest BCUT2D eigenvalue weighted by Gasteiger charge is -2.40. The molecule has 0 aromatic heterocycles. The second-order valence-electron chi connectivity index (χ2n) is 6.82. The number of hydrogen-bond acceptors (Lipinski definition) is 8. The van der Waals surface area contributed by atoms with Crippen LogP contribution in [-0.4, -0.2) is 55.6 Å². The highest BCUT2D eigenvalue weighted by atomic mass is 32.2. The van der Waals surface area contributed by atoms with Gasteiger partial charge in [-0.15, -0.1) is 47.0 Å². The van der Waals surface area contributed by atoms with Crippen molar-refractivity contribution >= 4 is 70.6 Å². The lowest BCUT2D eigenvalue weighted by atomic mass is 9.78. The van der Waals surface area contributed by atoms with E-state index in [-0.39, 0.29) is 13.2 Å². The molecule has 8 heteroatoms. The van der Waals surface area contributed by atoms with Gasteiger partial charge in [0.25, 0.3) is 0 Å². The summed E-state index contributed by atoms with van der Waals surface area (Å²) in [6.07, 6.45) is 9.89. The molecule has 0 spiro atoms. The first-order chi connectivity index (χ1) is 12.7. The standard InChI is InChI=1S/C18H28O2S6/c1-21-15(17-23-9-13(7-19)25-17)11-4-3-5-12(6-11)16(22-2)18-24-10-14(8-20)26-18/h9-12,15-20H,3-8H2,1-2H3. The number of rotatable bonds is 8. The molecular formula is C18H28O2S6. The molecule has 3 aliphatic rings. The van der Waals surface area contributed by atoms with E-state index in [1.165, 1.54) is 25.7 Å². The van der Waals surface area contributed by atoms with Gasteiger partial charge in [0.15, 0.2) is 0 Å². The van der Waals surface area contributed by atoms with Gasteiger partial charge in [-0.2, -0.15) is 23.5 Å². The van der Waals surface area contributed by atoms with E-state index < -0.39 is 0 Å². The molecule has 6 unspecified atom stereocenters. The summed E-state index contributed by atoms with van der Waals surface area (Å²) in [5.74, 6) is 1.55. The summed E-state index contributed by atoms with van der Waals surface area (Å²) in [5.41, 5.74) is 0. The quantitative estimate of drug-likeness (QED) is 0.481. The maximum atomic E-state index is 9.42. The molecule has 0 aromatic carbocycles. The topological polar surface area (TPSA) is 40.5 Å². The van der Waals surface area contributed by atoms with Gasteiger partial charge in [-0.3, -0.25) is 0 Å². The van der Waals surface area contributed by atoms with Crippen molar-refractivity contribution in [2.24, 2.45) is 11.8 Å². The summed E-state index contributed by atoms with van der Waals surface area (Å²) in [6, 6.07) is 0. The van der Waals surface area contributed by atoms with Crippen LogP contribution in [0.1, 0.15) is 25.7 Å². The van der Waals surface area contributed by atoms with Crippen LogP contribution in [0.25, 0.3) is 0 Å². The molecule has 2 aliphatic heterocycles. The monoisotopic (exact) mass is 468 g/mol. The Morgan fingerprint density at radius 2 is 1.38 bits per heavy atom. The Hall–Kier alpha value is 1.50. The minimum Gasteiger partial charge on any atom is -0.391 e. The third-order valence-electron chi connectivity index (χ3n) is 5.28. The lowest BCUT2D eigenvalue weighted by molar-refractivity contribution is 0.264. The van der Waals surface area contributed by atoms with Crippen molar-refractivity contribution in [3.8, 4) is 0 Å². The second kappa shape index (κ2) is 11.0. The van der Waals surface area contributed by atoms with Crippen LogP contribution in [0.3, 0.4) is 0 Å². The van der Waals surface area contributed by atoms with Gasteiger partial charge in [0, 0.05) is 20.3 Å². The zero-order chi connectivity index (χ0) is 18.5. The Morgan fingerprint density at radius 1 is 0.923 bits per heavy atom. The smallest absolute Gasteiger partial charge is 0.0746 e. The first-order valence-electron chi connectivity index (χ1n) is 8.99. The Balaban J connectivity index is 1.60. The molecule has 2 nitrogen and oxygen atoms in total.